The van der Waals surface area contributed by atoms with E-state index in [4.69, 9.17) is 4.74 Å². The Balaban J connectivity index is 0.00000300. The van der Waals surface area contributed by atoms with E-state index in [0.717, 1.165) is 37.9 Å². The van der Waals surface area contributed by atoms with Gasteiger partial charge in [0.15, 0.2) is 5.96 Å². The van der Waals surface area contributed by atoms with Gasteiger partial charge in [0.1, 0.15) is 5.75 Å². The SMILES string of the molecule is CN=C(NCC1CCN(c2ccccc2OC)C1)NCC(C)c1ccccc1.I. The molecule has 29 heavy (non-hydrogen) atoms. The van der Waals surface area contributed by atoms with Gasteiger partial charge in [-0.25, -0.2) is 0 Å². The number of anilines is 1. The molecule has 0 aliphatic carbocycles. The van der Waals surface area contributed by atoms with Crippen molar-refractivity contribution in [3.05, 3.63) is 60.2 Å². The summed E-state index contributed by atoms with van der Waals surface area (Å²) in [6.07, 6.45) is 1.17. The predicted molar refractivity (Wildman–Crippen MR) is 133 cm³/mol. The molecule has 0 amide bonds. The standard InChI is InChI=1S/C23H32N4O.HI/c1-18(20-9-5-4-6-10-20)15-25-23(24-2)26-16-19-13-14-27(17-19)21-11-7-8-12-22(21)28-3;/h4-12,18-19H,13-17H2,1-3H3,(H2,24,25,26);1H. The fourth-order valence-electron chi connectivity index (χ4n) is 3.72. The van der Waals surface area contributed by atoms with Crippen molar-refractivity contribution in [3.8, 4) is 5.75 Å². The maximum absolute atomic E-state index is 5.51. The zero-order chi connectivity index (χ0) is 19.8. The molecule has 2 atom stereocenters. The maximum atomic E-state index is 5.51. The third-order valence-electron chi connectivity index (χ3n) is 5.44. The number of ether oxygens (including phenoxy) is 1. The van der Waals surface area contributed by atoms with Gasteiger partial charge in [-0.05, 0) is 36.0 Å². The minimum atomic E-state index is 0. The van der Waals surface area contributed by atoms with E-state index >= 15 is 0 Å². The lowest BCUT2D eigenvalue weighted by molar-refractivity contribution is 0.414. The van der Waals surface area contributed by atoms with Crippen molar-refractivity contribution >= 4 is 35.6 Å². The van der Waals surface area contributed by atoms with Crippen LogP contribution in [0.15, 0.2) is 59.6 Å². The van der Waals surface area contributed by atoms with Crippen molar-refractivity contribution in [1.82, 2.24) is 10.6 Å². The highest BCUT2D eigenvalue weighted by Crippen LogP contribution is 2.31. The van der Waals surface area contributed by atoms with E-state index < -0.39 is 0 Å². The maximum Gasteiger partial charge on any atom is 0.191 e. The Morgan fingerprint density at radius 2 is 1.86 bits per heavy atom. The zero-order valence-electron chi connectivity index (χ0n) is 17.6. The summed E-state index contributed by atoms with van der Waals surface area (Å²) < 4.78 is 5.51. The van der Waals surface area contributed by atoms with Crippen molar-refractivity contribution in [1.29, 1.82) is 0 Å². The van der Waals surface area contributed by atoms with Crippen LogP contribution in [0.3, 0.4) is 0 Å². The highest BCUT2D eigenvalue weighted by Gasteiger charge is 2.24. The highest BCUT2D eigenvalue weighted by molar-refractivity contribution is 14.0. The van der Waals surface area contributed by atoms with Crippen LogP contribution in [0.1, 0.15) is 24.8 Å². The van der Waals surface area contributed by atoms with E-state index in [9.17, 15) is 0 Å². The van der Waals surface area contributed by atoms with Crippen LogP contribution in [0.5, 0.6) is 5.75 Å². The first kappa shape index (κ1) is 23.3. The Morgan fingerprint density at radius 3 is 2.59 bits per heavy atom. The van der Waals surface area contributed by atoms with Gasteiger partial charge in [-0.1, -0.05) is 49.4 Å². The van der Waals surface area contributed by atoms with Crippen molar-refractivity contribution in [2.24, 2.45) is 10.9 Å². The number of benzene rings is 2. The molecule has 2 unspecified atom stereocenters. The molecule has 0 spiro atoms. The summed E-state index contributed by atoms with van der Waals surface area (Å²) in [5, 5.41) is 6.96. The number of rotatable bonds is 7. The van der Waals surface area contributed by atoms with Gasteiger partial charge >= 0.3 is 0 Å². The minimum Gasteiger partial charge on any atom is -0.495 e. The van der Waals surface area contributed by atoms with Crippen LogP contribution in [0.25, 0.3) is 0 Å². The smallest absolute Gasteiger partial charge is 0.191 e. The molecule has 1 heterocycles. The summed E-state index contributed by atoms with van der Waals surface area (Å²) in [4.78, 5) is 6.80. The molecule has 6 heteroatoms. The number of halogens is 1. The number of hydrogen-bond acceptors (Lipinski definition) is 3. The lowest BCUT2D eigenvalue weighted by Crippen LogP contribution is -2.41. The second-order valence-electron chi connectivity index (χ2n) is 7.42. The number of methoxy groups -OCH3 is 1. The third-order valence-corrected chi connectivity index (χ3v) is 5.44. The summed E-state index contributed by atoms with van der Waals surface area (Å²) in [6, 6.07) is 18.8. The molecule has 1 fully saturated rings. The molecule has 1 aliphatic rings. The summed E-state index contributed by atoms with van der Waals surface area (Å²) in [6.45, 7) is 6.11. The largest absolute Gasteiger partial charge is 0.495 e. The molecule has 2 N–H and O–H groups in total. The molecule has 0 bridgehead atoms. The van der Waals surface area contributed by atoms with Crippen LogP contribution in [0.2, 0.25) is 0 Å². The van der Waals surface area contributed by atoms with Crippen molar-refractivity contribution < 1.29 is 4.74 Å². The summed E-state index contributed by atoms with van der Waals surface area (Å²) in [7, 11) is 3.57. The predicted octanol–water partition coefficient (Wildman–Crippen LogP) is 4.11. The van der Waals surface area contributed by atoms with Gasteiger partial charge in [-0.3, -0.25) is 4.99 Å². The summed E-state index contributed by atoms with van der Waals surface area (Å²) in [5.74, 6) is 2.85. The Labute approximate surface area is 192 Å². The quantitative estimate of drug-likeness (QED) is 0.336. The number of aliphatic imine (C=N–C) groups is 1. The molecule has 1 aliphatic heterocycles. The van der Waals surface area contributed by atoms with Crippen LogP contribution >= 0.6 is 24.0 Å². The Kier molecular flexibility index (Phi) is 9.57. The van der Waals surface area contributed by atoms with Gasteiger partial charge in [-0.2, -0.15) is 0 Å². The first-order valence-electron chi connectivity index (χ1n) is 10.1. The number of para-hydroxylation sites is 2. The second kappa shape index (κ2) is 11.9. The first-order valence-corrected chi connectivity index (χ1v) is 10.1. The molecule has 2 aromatic rings. The number of nitrogens with one attached hydrogen (secondary N) is 2. The molecule has 0 saturated carbocycles. The zero-order valence-corrected chi connectivity index (χ0v) is 19.9. The third kappa shape index (κ3) is 6.52. The van der Waals surface area contributed by atoms with E-state index in [1.54, 1.807) is 7.11 Å². The number of hydrogen-bond donors (Lipinski definition) is 2. The molecule has 2 aromatic carbocycles. The molecule has 0 radical (unpaired) electrons. The summed E-state index contributed by atoms with van der Waals surface area (Å²) >= 11 is 0. The van der Waals surface area contributed by atoms with Crippen LogP contribution < -0.4 is 20.3 Å². The fraction of sp³-hybridized carbons (Fsp3) is 0.435. The lowest BCUT2D eigenvalue weighted by atomic mass is 10.0. The van der Waals surface area contributed by atoms with Gasteiger partial charge in [0.05, 0.1) is 12.8 Å². The van der Waals surface area contributed by atoms with E-state index in [2.05, 4.69) is 69.9 Å². The Hall–Kier alpha value is -1.96. The Bertz CT molecular complexity index is 768. The minimum absolute atomic E-state index is 0. The van der Waals surface area contributed by atoms with Gasteiger partial charge in [-0.15, -0.1) is 24.0 Å². The van der Waals surface area contributed by atoms with E-state index in [1.807, 2.05) is 19.2 Å². The average molecular weight is 508 g/mol. The topological polar surface area (TPSA) is 48.9 Å². The van der Waals surface area contributed by atoms with Crippen molar-refractivity contribution in [2.75, 3.05) is 45.2 Å². The van der Waals surface area contributed by atoms with Crippen LogP contribution in [0, 0.1) is 5.92 Å². The molecule has 1 saturated heterocycles. The van der Waals surface area contributed by atoms with Crippen molar-refractivity contribution in [2.45, 2.75) is 19.3 Å². The van der Waals surface area contributed by atoms with Crippen LogP contribution in [0.4, 0.5) is 5.69 Å². The van der Waals surface area contributed by atoms with E-state index in [0.29, 0.717) is 11.8 Å². The molecular weight excluding hydrogens is 475 g/mol. The normalized spacial score (nSPS) is 17.4. The first-order chi connectivity index (χ1) is 13.7. The lowest BCUT2D eigenvalue weighted by Gasteiger charge is -2.22. The Morgan fingerprint density at radius 1 is 1.14 bits per heavy atom. The number of nitrogens with zero attached hydrogens (tertiary/aromatic N) is 2. The molecule has 158 valence electrons. The van der Waals surface area contributed by atoms with Gasteiger partial charge < -0.3 is 20.3 Å². The van der Waals surface area contributed by atoms with Crippen LogP contribution in [-0.4, -0.2) is 46.3 Å². The average Bonchev–Trinajstić information content (AvgIpc) is 3.23. The van der Waals surface area contributed by atoms with Gasteiger partial charge in [0.2, 0.25) is 0 Å². The molecule has 0 aromatic heterocycles. The fourth-order valence-corrected chi connectivity index (χ4v) is 3.72. The summed E-state index contributed by atoms with van der Waals surface area (Å²) in [5.41, 5.74) is 2.53. The molecule has 5 nitrogen and oxygen atoms in total. The van der Waals surface area contributed by atoms with Gasteiger partial charge in [0.25, 0.3) is 0 Å². The van der Waals surface area contributed by atoms with E-state index in [-0.39, 0.29) is 24.0 Å². The van der Waals surface area contributed by atoms with Gasteiger partial charge in [0, 0.05) is 33.2 Å². The molecule has 3 rings (SSSR count). The van der Waals surface area contributed by atoms with E-state index in [1.165, 1.54) is 17.7 Å². The monoisotopic (exact) mass is 508 g/mol. The number of guanidine groups is 1. The van der Waals surface area contributed by atoms with Crippen molar-refractivity contribution in [3.63, 3.8) is 0 Å². The second-order valence-corrected chi connectivity index (χ2v) is 7.42. The van der Waals surface area contributed by atoms with Crippen LogP contribution in [-0.2, 0) is 0 Å². The highest BCUT2D eigenvalue weighted by atomic mass is 127. The molecular formula is C23H33IN4O.